The first-order valence-electron chi connectivity index (χ1n) is 4.21. The summed E-state index contributed by atoms with van der Waals surface area (Å²) in [5.74, 6) is 0. The third-order valence-corrected chi connectivity index (χ3v) is 9.03. The molecule has 0 heterocycles. The lowest BCUT2D eigenvalue weighted by atomic mass is 11.8. The highest BCUT2D eigenvalue weighted by molar-refractivity contribution is 6.78. The molecule has 0 aromatic rings. The highest BCUT2D eigenvalue weighted by atomic mass is 28.5. The predicted molar refractivity (Wildman–Crippen MR) is 57.7 cm³/mol. The van der Waals surface area contributed by atoms with Gasteiger partial charge in [-0.15, -0.1) is 0 Å². The fourth-order valence-electron chi connectivity index (χ4n) is 0.841. The van der Waals surface area contributed by atoms with E-state index >= 15 is 0 Å². The zero-order chi connectivity index (χ0) is 12.3. The van der Waals surface area contributed by atoms with Crippen molar-refractivity contribution >= 4 is 26.4 Å². The van der Waals surface area contributed by atoms with E-state index < -0.39 is 26.4 Å². The second-order valence-electron chi connectivity index (χ2n) is 3.31. The minimum atomic E-state index is -3.76. The van der Waals surface area contributed by atoms with Gasteiger partial charge in [0.15, 0.2) is 0 Å². The molecule has 0 saturated carbocycles. The summed E-state index contributed by atoms with van der Waals surface area (Å²) >= 11 is 0. The smallest absolute Gasteiger partial charge is 0.390 e. The second-order valence-corrected chi connectivity index (χ2v) is 11.1. The van der Waals surface area contributed by atoms with Crippen LogP contribution < -0.4 is 0 Å². The average Bonchev–Trinajstić information content (AvgIpc) is 2.00. The number of rotatable bonds is 6. The van der Waals surface area contributed by atoms with Gasteiger partial charge in [0.1, 0.15) is 0 Å². The quantitative estimate of drug-likeness (QED) is 0.534. The molecule has 0 aromatic carbocycles. The van der Waals surface area contributed by atoms with E-state index in [2.05, 4.69) is 0 Å². The summed E-state index contributed by atoms with van der Waals surface area (Å²) < 4.78 is 19.8. The monoisotopic (exact) mass is 274 g/mol. The van der Waals surface area contributed by atoms with E-state index in [4.69, 9.17) is 17.1 Å². The Bertz CT molecular complexity index is 205. The van der Waals surface area contributed by atoms with Crippen LogP contribution in [0.5, 0.6) is 0 Å². The summed E-state index contributed by atoms with van der Waals surface area (Å²) in [6.07, 6.45) is 0. The molecule has 0 saturated heterocycles. The number of hydrogen-bond donors (Lipinski definition) is 3. The molecule has 92 valence electrons. The van der Waals surface area contributed by atoms with Crippen LogP contribution in [0.3, 0.4) is 0 Å². The third kappa shape index (κ3) is 6.52. The molecule has 0 aliphatic carbocycles. The Labute approximate surface area is 92.3 Å². The summed E-state index contributed by atoms with van der Waals surface area (Å²) in [5, 5.41) is 0. The fourth-order valence-corrected chi connectivity index (χ4v) is 7.94. The van der Waals surface area contributed by atoms with Gasteiger partial charge in [-0.05, 0) is 0 Å². The summed E-state index contributed by atoms with van der Waals surface area (Å²) in [7, 11) is -7.74. The molecule has 10 heteroatoms. The predicted octanol–water partition coefficient (Wildman–Crippen LogP) is -1.00. The van der Waals surface area contributed by atoms with E-state index in [1.165, 1.54) is 27.3 Å². The van der Waals surface area contributed by atoms with Crippen molar-refractivity contribution in [3.8, 4) is 0 Å². The molecule has 0 rings (SSSR count). The van der Waals surface area contributed by atoms with Gasteiger partial charge in [-0.2, -0.15) is 0 Å². The minimum absolute atomic E-state index is 1.16. The fraction of sp³-hybridized carbons (Fsp3) is 1.00. The van der Waals surface area contributed by atoms with Crippen LogP contribution in [0, 0.1) is 0 Å². The highest BCUT2D eigenvalue weighted by Gasteiger charge is 2.49. The van der Waals surface area contributed by atoms with Gasteiger partial charge in [0.2, 0.25) is 0 Å². The van der Waals surface area contributed by atoms with E-state index in [1.807, 2.05) is 0 Å². The standard InChI is InChI=1S/C5H18O7Si3/c1-9-14(4,8)12-15(5,10-2)11-13(3,6)7/h6-8H,1-5H3. The molecule has 15 heavy (non-hydrogen) atoms. The van der Waals surface area contributed by atoms with Gasteiger partial charge in [-0.3, -0.25) is 0 Å². The second kappa shape index (κ2) is 5.13. The average molecular weight is 274 g/mol. The first-order valence-corrected chi connectivity index (χ1v) is 11.0. The maximum Gasteiger partial charge on any atom is 0.487 e. The SMILES string of the molecule is CO[Si](C)(O)O[Si](C)(OC)O[Si](C)(O)O. The largest absolute Gasteiger partial charge is 0.487 e. The van der Waals surface area contributed by atoms with Crippen LogP contribution in [-0.2, 0) is 17.1 Å². The summed E-state index contributed by atoms with van der Waals surface area (Å²) in [6.45, 7) is 3.99. The van der Waals surface area contributed by atoms with Crippen molar-refractivity contribution in [1.82, 2.24) is 0 Å². The van der Waals surface area contributed by atoms with E-state index in [1.54, 1.807) is 0 Å². The van der Waals surface area contributed by atoms with Crippen molar-refractivity contribution in [3.63, 3.8) is 0 Å². The molecule has 0 aliphatic rings. The molecule has 7 nitrogen and oxygen atoms in total. The van der Waals surface area contributed by atoms with Crippen molar-refractivity contribution in [2.45, 2.75) is 19.6 Å². The van der Waals surface area contributed by atoms with E-state index in [0.717, 1.165) is 6.55 Å². The zero-order valence-corrected chi connectivity index (χ0v) is 12.5. The van der Waals surface area contributed by atoms with E-state index in [-0.39, 0.29) is 0 Å². The van der Waals surface area contributed by atoms with Crippen LogP contribution >= 0.6 is 0 Å². The molecule has 2 atom stereocenters. The van der Waals surface area contributed by atoms with Crippen molar-refractivity contribution in [2.75, 3.05) is 14.2 Å². The van der Waals surface area contributed by atoms with Crippen LogP contribution in [0.2, 0.25) is 19.6 Å². The number of hydrogen-bond acceptors (Lipinski definition) is 7. The first kappa shape index (κ1) is 15.4. The molecular weight excluding hydrogens is 256 g/mol. The normalized spacial score (nSPS) is 20.8. The highest BCUT2D eigenvalue weighted by Crippen LogP contribution is 2.17. The van der Waals surface area contributed by atoms with Gasteiger partial charge in [0.25, 0.3) is 0 Å². The molecule has 0 fully saturated rings. The van der Waals surface area contributed by atoms with Gasteiger partial charge in [-0.1, -0.05) is 0 Å². The molecule has 0 spiro atoms. The maximum atomic E-state index is 9.61. The van der Waals surface area contributed by atoms with Crippen LogP contribution in [0.15, 0.2) is 0 Å². The van der Waals surface area contributed by atoms with Gasteiger partial charge < -0.3 is 31.5 Å². The van der Waals surface area contributed by atoms with Crippen LogP contribution in [0.4, 0.5) is 0 Å². The first-order chi connectivity index (χ1) is 6.54. The lowest BCUT2D eigenvalue weighted by molar-refractivity contribution is 0.107. The van der Waals surface area contributed by atoms with E-state index in [0.29, 0.717) is 0 Å². The molecule has 0 aliphatic heterocycles. The topological polar surface area (TPSA) is 97.6 Å². The van der Waals surface area contributed by atoms with Crippen molar-refractivity contribution in [3.05, 3.63) is 0 Å². The minimum Gasteiger partial charge on any atom is -0.390 e. The Hall–Kier alpha value is 0.371. The Morgan fingerprint density at radius 3 is 1.53 bits per heavy atom. The lowest BCUT2D eigenvalue weighted by Gasteiger charge is -2.32. The summed E-state index contributed by atoms with van der Waals surface area (Å²) in [6, 6.07) is 0. The summed E-state index contributed by atoms with van der Waals surface area (Å²) in [4.78, 5) is 28.0. The van der Waals surface area contributed by atoms with Crippen molar-refractivity contribution in [1.29, 1.82) is 0 Å². The van der Waals surface area contributed by atoms with Gasteiger partial charge in [0, 0.05) is 33.9 Å². The molecule has 0 radical (unpaired) electrons. The van der Waals surface area contributed by atoms with Crippen molar-refractivity contribution < 1.29 is 31.5 Å². The Morgan fingerprint density at radius 2 is 1.27 bits per heavy atom. The Kier molecular flexibility index (Phi) is 5.26. The van der Waals surface area contributed by atoms with E-state index in [9.17, 15) is 14.4 Å². The molecule has 2 unspecified atom stereocenters. The van der Waals surface area contributed by atoms with Crippen LogP contribution in [0.1, 0.15) is 0 Å². The molecular formula is C5H18O7Si3. The Balaban J connectivity index is 4.58. The molecule has 3 N–H and O–H groups in total. The molecule has 0 bridgehead atoms. The lowest BCUT2D eigenvalue weighted by Crippen LogP contribution is -2.58. The van der Waals surface area contributed by atoms with Gasteiger partial charge >= 0.3 is 26.4 Å². The Morgan fingerprint density at radius 1 is 0.800 bits per heavy atom. The molecule has 0 amide bonds. The van der Waals surface area contributed by atoms with Gasteiger partial charge in [0.05, 0.1) is 0 Å². The third-order valence-electron chi connectivity index (χ3n) is 1.50. The van der Waals surface area contributed by atoms with Crippen LogP contribution in [-0.4, -0.2) is 55.0 Å². The zero-order valence-electron chi connectivity index (χ0n) is 9.47. The molecule has 0 aromatic heterocycles. The summed E-state index contributed by atoms with van der Waals surface area (Å²) in [5.41, 5.74) is 0. The maximum absolute atomic E-state index is 9.61. The van der Waals surface area contributed by atoms with Gasteiger partial charge in [-0.25, -0.2) is 0 Å². The van der Waals surface area contributed by atoms with Crippen molar-refractivity contribution in [2.24, 2.45) is 0 Å². The van der Waals surface area contributed by atoms with Crippen LogP contribution in [0.25, 0.3) is 0 Å².